The van der Waals surface area contributed by atoms with Gasteiger partial charge in [-0.05, 0) is 30.2 Å². The molecule has 0 N–H and O–H groups in total. The van der Waals surface area contributed by atoms with Crippen LogP contribution in [-0.4, -0.2) is 15.6 Å². The fourth-order valence-corrected chi connectivity index (χ4v) is 2.29. The summed E-state index contributed by atoms with van der Waals surface area (Å²) in [7, 11) is 1.86. The van der Waals surface area contributed by atoms with Gasteiger partial charge in [-0.2, -0.15) is 5.10 Å². The standard InChI is InChI=1S/C13H12BrClN2O/c1-17-8-9(7-16-17)2-5-13(18)11-6-10(14)3-4-12(11)15/h3-4,6-8H,2,5H2,1H3. The van der Waals surface area contributed by atoms with Crippen LogP contribution in [0.5, 0.6) is 0 Å². The Labute approximate surface area is 119 Å². The lowest BCUT2D eigenvalue weighted by atomic mass is 10.0. The second-order valence-electron chi connectivity index (χ2n) is 4.07. The molecule has 0 amide bonds. The first kappa shape index (κ1) is 13.3. The average molecular weight is 328 g/mol. The summed E-state index contributed by atoms with van der Waals surface area (Å²) in [5.41, 5.74) is 1.62. The summed E-state index contributed by atoms with van der Waals surface area (Å²) in [6, 6.07) is 5.30. The number of benzene rings is 1. The van der Waals surface area contributed by atoms with Crippen LogP contribution in [-0.2, 0) is 13.5 Å². The Kier molecular flexibility index (Phi) is 4.19. The van der Waals surface area contributed by atoms with E-state index >= 15 is 0 Å². The van der Waals surface area contributed by atoms with E-state index in [0.717, 1.165) is 10.0 Å². The van der Waals surface area contributed by atoms with E-state index in [-0.39, 0.29) is 5.78 Å². The Bertz CT molecular complexity index is 580. The Morgan fingerprint density at radius 2 is 2.28 bits per heavy atom. The van der Waals surface area contributed by atoms with Gasteiger partial charge in [0.05, 0.1) is 11.2 Å². The minimum absolute atomic E-state index is 0.0464. The van der Waals surface area contributed by atoms with Crippen molar-refractivity contribution < 1.29 is 4.79 Å². The quantitative estimate of drug-likeness (QED) is 0.803. The fraction of sp³-hybridized carbons (Fsp3) is 0.231. The first-order chi connectivity index (χ1) is 8.56. The van der Waals surface area contributed by atoms with Crippen LogP contribution >= 0.6 is 27.5 Å². The Balaban J connectivity index is 2.05. The molecule has 0 spiro atoms. The maximum absolute atomic E-state index is 12.1. The van der Waals surface area contributed by atoms with Gasteiger partial charge in [0.1, 0.15) is 0 Å². The van der Waals surface area contributed by atoms with Crippen molar-refractivity contribution in [2.45, 2.75) is 12.8 Å². The van der Waals surface area contributed by atoms with Crippen molar-refractivity contribution in [3.8, 4) is 0 Å². The third-order valence-corrected chi connectivity index (χ3v) is 3.45. The summed E-state index contributed by atoms with van der Waals surface area (Å²) in [6.45, 7) is 0. The van der Waals surface area contributed by atoms with Crippen LogP contribution in [0.15, 0.2) is 35.1 Å². The molecule has 1 heterocycles. The van der Waals surface area contributed by atoms with Crippen LogP contribution in [0.3, 0.4) is 0 Å². The number of Topliss-reactive ketones (excluding diaryl/α,β-unsaturated/α-hetero) is 1. The molecule has 94 valence electrons. The van der Waals surface area contributed by atoms with Gasteiger partial charge in [-0.3, -0.25) is 9.48 Å². The molecule has 0 fully saturated rings. The smallest absolute Gasteiger partial charge is 0.164 e. The van der Waals surface area contributed by atoms with E-state index in [9.17, 15) is 4.79 Å². The molecule has 0 aliphatic rings. The highest BCUT2D eigenvalue weighted by Gasteiger charge is 2.11. The first-order valence-electron chi connectivity index (χ1n) is 5.52. The Morgan fingerprint density at radius 3 is 2.94 bits per heavy atom. The number of hydrogen-bond acceptors (Lipinski definition) is 2. The highest BCUT2D eigenvalue weighted by molar-refractivity contribution is 9.10. The van der Waals surface area contributed by atoms with Crippen LogP contribution < -0.4 is 0 Å². The highest BCUT2D eigenvalue weighted by Crippen LogP contribution is 2.22. The lowest BCUT2D eigenvalue weighted by Crippen LogP contribution is -2.02. The maximum atomic E-state index is 12.1. The van der Waals surface area contributed by atoms with E-state index in [1.165, 1.54) is 0 Å². The van der Waals surface area contributed by atoms with Crippen molar-refractivity contribution in [2.75, 3.05) is 0 Å². The summed E-state index contributed by atoms with van der Waals surface area (Å²) in [6.07, 6.45) is 4.79. The minimum atomic E-state index is 0.0464. The topological polar surface area (TPSA) is 34.9 Å². The minimum Gasteiger partial charge on any atom is -0.294 e. The number of aryl methyl sites for hydroxylation is 2. The molecule has 5 heteroatoms. The van der Waals surface area contributed by atoms with Crippen LogP contribution in [0.4, 0.5) is 0 Å². The number of aromatic nitrogens is 2. The van der Waals surface area contributed by atoms with E-state index in [0.29, 0.717) is 23.4 Å². The van der Waals surface area contributed by atoms with Crippen molar-refractivity contribution in [2.24, 2.45) is 7.05 Å². The number of halogens is 2. The first-order valence-corrected chi connectivity index (χ1v) is 6.69. The van der Waals surface area contributed by atoms with Gasteiger partial charge in [0.15, 0.2) is 5.78 Å². The second kappa shape index (κ2) is 5.67. The lowest BCUT2D eigenvalue weighted by Gasteiger charge is -2.03. The molecular weight excluding hydrogens is 316 g/mol. The zero-order valence-corrected chi connectivity index (χ0v) is 12.2. The molecule has 2 aromatic rings. The predicted octanol–water partition coefficient (Wildman–Crippen LogP) is 3.65. The zero-order chi connectivity index (χ0) is 13.1. The number of carbonyl (C=O) groups excluding carboxylic acids is 1. The SMILES string of the molecule is Cn1cc(CCC(=O)c2cc(Br)ccc2Cl)cn1. The van der Waals surface area contributed by atoms with E-state index in [1.807, 2.05) is 19.3 Å². The maximum Gasteiger partial charge on any atom is 0.164 e. The van der Waals surface area contributed by atoms with Crippen molar-refractivity contribution in [1.82, 2.24) is 9.78 Å². The molecule has 0 atom stereocenters. The van der Waals surface area contributed by atoms with Gasteiger partial charge in [0, 0.05) is 29.7 Å². The molecule has 0 saturated carbocycles. The van der Waals surface area contributed by atoms with Gasteiger partial charge in [-0.25, -0.2) is 0 Å². The van der Waals surface area contributed by atoms with Crippen LogP contribution in [0.25, 0.3) is 0 Å². The van der Waals surface area contributed by atoms with E-state index in [4.69, 9.17) is 11.6 Å². The summed E-state index contributed by atoms with van der Waals surface area (Å²) < 4.78 is 2.59. The number of rotatable bonds is 4. The van der Waals surface area contributed by atoms with Gasteiger partial charge >= 0.3 is 0 Å². The predicted molar refractivity (Wildman–Crippen MR) is 75.0 cm³/mol. The number of carbonyl (C=O) groups is 1. The average Bonchev–Trinajstić information content (AvgIpc) is 2.75. The summed E-state index contributed by atoms with van der Waals surface area (Å²) in [4.78, 5) is 12.1. The molecule has 1 aromatic heterocycles. The summed E-state index contributed by atoms with van der Waals surface area (Å²) in [5, 5.41) is 4.57. The van der Waals surface area contributed by atoms with E-state index < -0.39 is 0 Å². The van der Waals surface area contributed by atoms with Gasteiger partial charge in [-0.1, -0.05) is 27.5 Å². The van der Waals surface area contributed by atoms with Crippen molar-refractivity contribution in [3.05, 3.63) is 51.2 Å². The summed E-state index contributed by atoms with van der Waals surface area (Å²) >= 11 is 9.36. The highest BCUT2D eigenvalue weighted by atomic mass is 79.9. The van der Waals surface area contributed by atoms with Gasteiger partial charge in [0.2, 0.25) is 0 Å². The van der Waals surface area contributed by atoms with Crippen molar-refractivity contribution in [3.63, 3.8) is 0 Å². The van der Waals surface area contributed by atoms with Gasteiger partial charge in [0.25, 0.3) is 0 Å². The molecule has 0 bridgehead atoms. The van der Waals surface area contributed by atoms with E-state index in [2.05, 4.69) is 21.0 Å². The molecule has 0 saturated heterocycles. The van der Waals surface area contributed by atoms with Crippen LogP contribution in [0.2, 0.25) is 5.02 Å². The molecule has 0 unspecified atom stereocenters. The van der Waals surface area contributed by atoms with Gasteiger partial charge in [-0.15, -0.1) is 0 Å². The number of hydrogen-bond donors (Lipinski definition) is 0. The van der Waals surface area contributed by atoms with E-state index in [1.54, 1.807) is 23.0 Å². The third kappa shape index (κ3) is 3.21. The monoisotopic (exact) mass is 326 g/mol. The molecule has 2 rings (SSSR count). The fourth-order valence-electron chi connectivity index (χ4n) is 1.70. The molecule has 18 heavy (non-hydrogen) atoms. The Hall–Kier alpha value is -1.13. The van der Waals surface area contributed by atoms with Crippen LogP contribution in [0, 0.1) is 0 Å². The normalized spacial score (nSPS) is 10.6. The zero-order valence-electron chi connectivity index (χ0n) is 9.86. The largest absolute Gasteiger partial charge is 0.294 e. The van der Waals surface area contributed by atoms with Crippen molar-refractivity contribution >= 4 is 33.3 Å². The number of ketones is 1. The van der Waals surface area contributed by atoms with Crippen LogP contribution in [0.1, 0.15) is 22.3 Å². The third-order valence-electron chi connectivity index (χ3n) is 2.63. The lowest BCUT2D eigenvalue weighted by molar-refractivity contribution is 0.0983. The number of nitrogens with zero attached hydrogens (tertiary/aromatic N) is 2. The van der Waals surface area contributed by atoms with Crippen molar-refractivity contribution in [1.29, 1.82) is 0 Å². The molecule has 0 radical (unpaired) electrons. The molecular formula is C13H12BrClN2O. The van der Waals surface area contributed by atoms with Gasteiger partial charge < -0.3 is 0 Å². The molecule has 1 aromatic carbocycles. The second-order valence-corrected chi connectivity index (χ2v) is 5.39. The Morgan fingerprint density at radius 1 is 1.50 bits per heavy atom. The molecule has 0 aliphatic carbocycles. The molecule has 3 nitrogen and oxygen atoms in total. The molecule has 0 aliphatic heterocycles. The summed E-state index contributed by atoms with van der Waals surface area (Å²) in [5.74, 6) is 0.0464.